The van der Waals surface area contributed by atoms with E-state index >= 15 is 0 Å². The Morgan fingerprint density at radius 1 is 1.10 bits per heavy atom. The van der Waals surface area contributed by atoms with E-state index in [2.05, 4.69) is 5.32 Å². The molecule has 0 fully saturated rings. The monoisotopic (exact) mass is 311 g/mol. The largest absolute Gasteiger partial charge is 0.478 e. The molecule has 0 heterocycles. The Labute approximate surface area is 123 Å². The van der Waals surface area contributed by atoms with Gasteiger partial charge in [0.25, 0.3) is 5.91 Å². The van der Waals surface area contributed by atoms with Crippen LogP contribution in [-0.4, -0.2) is 17.0 Å². The van der Waals surface area contributed by atoms with Gasteiger partial charge in [-0.15, -0.1) is 0 Å². The van der Waals surface area contributed by atoms with Crippen molar-refractivity contribution >= 4 is 29.2 Å². The molecule has 0 aliphatic rings. The summed E-state index contributed by atoms with van der Waals surface area (Å²) in [5, 5.41) is 11.3. The molecule has 0 saturated carbocycles. The predicted molar refractivity (Wildman–Crippen MR) is 72.7 cm³/mol. The molecule has 0 atom stereocenters. The molecule has 0 bridgehead atoms. The van der Waals surface area contributed by atoms with Gasteiger partial charge in [0, 0.05) is 5.56 Å². The first-order chi connectivity index (χ1) is 9.90. The quantitative estimate of drug-likeness (QED) is 0.910. The highest BCUT2D eigenvalue weighted by atomic mass is 35.5. The first kappa shape index (κ1) is 14.9. The van der Waals surface area contributed by atoms with E-state index in [0.29, 0.717) is 0 Å². The van der Waals surface area contributed by atoms with Crippen LogP contribution in [0.5, 0.6) is 0 Å². The Kier molecular flexibility index (Phi) is 4.18. The van der Waals surface area contributed by atoms with Crippen molar-refractivity contribution in [3.8, 4) is 0 Å². The first-order valence-electron chi connectivity index (χ1n) is 5.68. The van der Waals surface area contributed by atoms with E-state index in [1.54, 1.807) is 0 Å². The molecule has 2 rings (SSSR count). The Balaban J connectivity index is 2.34. The van der Waals surface area contributed by atoms with Crippen LogP contribution in [0.1, 0.15) is 20.7 Å². The molecule has 0 aliphatic carbocycles. The lowest BCUT2D eigenvalue weighted by atomic mass is 10.1. The number of rotatable bonds is 3. The van der Waals surface area contributed by atoms with Gasteiger partial charge in [0.2, 0.25) is 0 Å². The average Bonchev–Trinajstić information content (AvgIpc) is 2.41. The Morgan fingerprint density at radius 2 is 1.81 bits per heavy atom. The number of hydrogen-bond donors (Lipinski definition) is 2. The van der Waals surface area contributed by atoms with Gasteiger partial charge < -0.3 is 10.4 Å². The lowest BCUT2D eigenvalue weighted by Gasteiger charge is -2.09. The first-order valence-corrected chi connectivity index (χ1v) is 6.06. The molecule has 0 aromatic heterocycles. The predicted octanol–water partition coefficient (Wildman–Crippen LogP) is 3.57. The van der Waals surface area contributed by atoms with Crippen LogP contribution < -0.4 is 5.32 Å². The number of nitrogens with one attached hydrogen (secondary N) is 1. The van der Waals surface area contributed by atoms with Crippen LogP contribution >= 0.6 is 11.6 Å². The minimum absolute atomic E-state index is 0.0373. The molecule has 7 heteroatoms. The topological polar surface area (TPSA) is 66.4 Å². The van der Waals surface area contributed by atoms with Crippen LogP contribution in [0.25, 0.3) is 0 Å². The second-order valence-corrected chi connectivity index (χ2v) is 4.46. The highest BCUT2D eigenvalue weighted by Gasteiger charge is 2.17. The van der Waals surface area contributed by atoms with Crippen LogP contribution in [0.15, 0.2) is 36.4 Å². The summed E-state index contributed by atoms with van der Waals surface area (Å²) in [6.07, 6.45) is 0. The van der Waals surface area contributed by atoms with Crippen LogP contribution in [0.2, 0.25) is 5.02 Å². The fourth-order valence-corrected chi connectivity index (χ4v) is 1.93. The van der Waals surface area contributed by atoms with Gasteiger partial charge in [-0.25, -0.2) is 13.6 Å². The van der Waals surface area contributed by atoms with E-state index in [9.17, 15) is 18.4 Å². The number of aromatic carboxylic acids is 1. The maximum Gasteiger partial charge on any atom is 0.339 e. The maximum atomic E-state index is 13.1. The summed E-state index contributed by atoms with van der Waals surface area (Å²) >= 11 is 5.76. The molecule has 1 amide bonds. The summed E-state index contributed by atoms with van der Waals surface area (Å²) in [5.41, 5.74) is -0.468. The van der Waals surface area contributed by atoms with Gasteiger partial charge in [-0.2, -0.15) is 0 Å². The van der Waals surface area contributed by atoms with Crippen molar-refractivity contribution in [2.45, 2.75) is 0 Å². The molecule has 0 saturated heterocycles. The number of amides is 1. The molecule has 108 valence electrons. The van der Waals surface area contributed by atoms with Crippen molar-refractivity contribution in [3.05, 3.63) is 64.2 Å². The van der Waals surface area contributed by atoms with Gasteiger partial charge in [-0.3, -0.25) is 4.79 Å². The van der Waals surface area contributed by atoms with Crippen molar-refractivity contribution < 1.29 is 23.5 Å². The SMILES string of the molecule is O=C(Nc1cccc(Cl)c1C(=O)O)c1ccc(F)c(F)c1. The van der Waals surface area contributed by atoms with E-state index in [1.165, 1.54) is 18.2 Å². The van der Waals surface area contributed by atoms with Crippen molar-refractivity contribution in [3.63, 3.8) is 0 Å². The molecule has 2 aromatic rings. The highest BCUT2D eigenvalue weighted by molar-refractivity contribution is 6.34. The molecule has 2 N–H and O–H groups in total. The number of carboxylic acid groups (broad SMARTS) is 1. The van der Waals surface area contributed by atoms with Gasteiger partial charge in [0.1, 0.15) is 5.56 Å². The van der Waals surface area contributed by atoms with Crippen molar-refractivity contribution in [1.29, 1.82) is 0 Å². The number of hydrogen-bond acceptors (Lipinski definition) is 2. The summed E-state index contributed by atoms with van der Waals surface area (Å²) in [7, 11) is 0. The van der Waals surface area contributed by atoms with E-state index in [0.717, 1.165) is 18.2 Å². The molecule has 0 radical (unpaired) electrons. The molecule has 0 unspecified atom stereocenters. The smallest absolute Gasteiger partial charge is 0.339 e. The molecule has 2 aromatic carbocycles. The lowest BCUT2D eigenvalue weighted by Crippen LogP contribution is -2.15. The zero-order chi connectivity index (χ0) is 15.6. The molecule has 21 heavy (non-hydrogen) atoms. The lowest BCUT2D eigenvalue weighted by molar-refractivity contribution is 0.0698. The van der Waals surface area contributed by atoms with Crippen LogP contribution in [-0.2, 0) is 0 Å². The third-order valence-corrected chi connectivity index (χ3v) is 2.97. The number of halogens is 3. The minimum atomic E-state index is -1.32. The van der Waals surface area contributed by atoms with E-state index in [-0.39, 0.29) is 21.8 Å². The summed E-state index contributed by atoms with van der Waals surface area (Å²) in [4.78, 5) is 23.0. The van der Waals surface area contributed by atoms with Gasteiger partial charge in [-0.05, 0) is 30.3 Å². The van der Waals surface area contributed by atoms with Gasteiger partial charge in [0.05, 0.1) is 10.7 Å². The second kappa shape index (κ2) is 5.88. The number of benzene rings is 2. The summed E-state index contributed by atoms with van der Waals surface area (Å²) < 4.78 is 25.9. The summed E-state index contributed by atoms with van der Waals surface area (Å²) in [6, 6.07) is 6.76. The normalized spacial score (nSPS) is 10.2. The highest BCUT2D eigenvalue weighted by Crippen LogP contribution is 2.25. The molecular formula is C14H8ClF2NO3. The average molecular weight is 312 g/mol. The maximum absolute atomic E-state index is 13.1. The summed E-state index contributed by atoms with van der Waals surface area (Å²) in [5.74, 6) is -4.35. The standard InChI is InChI=1S/C14H8ClF2NO3/c15-8-2-1-3-11(12(8)14(20)21)18-13(19)7-4-5-9(16)10(17)6-7/h1-6H,(H,18,19)(H,20,21). The van der Waals surface area contributed by atoms with Crippen molar-refractivity contribution in [2.24, 2.45) is 0 Å². The van der Waals surface area contributed by atoms with Crippen molar-refractivity contribution in [1.82, 2.24) is 0 Å². The fraction of sp³-hybridized carbons (Fsp3) is 0. The zero-order valence-electron chi connectivity index (χ0n) is 10.4. The van der Waals surface area contributed by atoms with Crippen LogP contribution in [0, 0.1) is 11.6 Å². The molecule has 4 nitrogen and oxygen atoms in total. The van der Waals surface area contributed by atoms with Crippen LogP contribution in [0.4, 0.5) is 14.5 Å². The van der Waals surface area contributed by atoms with E-state index in [1.807, 2.05) is 0 Å². The number of carbonyl (C=O) groups is 2. The third kappa shape index (κ3) is 3.17. The Morgan fingerprint density at radius 3 is 2.43 bits per heavy atom. The molecular weight excluding hydrogens is 304 g/mol. The molecule has 0 spiro atoms. The van der Waals surface area contributed by atoms with Gasteiger partial charge >= 0.3 is 5.97 Å². The third-order valence-electron chi connectivity index (χ3n) is 2.66. The fourth-order valence-electron chi connectivity index (χ4n) is 1.68. The number of carboxylic acids is 1. The summed E-state index contributed by atoms with van der Waals surface area (Å²) in [6.45, 7) is 0. The number of anilines is 1. The van der Waals surface area contributed by atoms with E-state index in [4.69, 9.17) is 16.7 Å². The van der Waals surface area contributed by atoms with Crippen LogP contribution in [0.3, 0.4) is 0 Å². The van der Waals surface area contributed by atoms with Gasteiger partial charge in [-0.1, -0.05) is 17.7 Å². The zero-order valence-corrected chi connectivity index (χ0v) is 11.1. The van der Waals surface area contributed by atoms with Gasteiger partial charge in [0.15, 0.2) is 11.6 Å². The number of carbonyl (C=O) groups excluding carboxylic acids is 1. The Hall–Kier alpha value is -2.47. The van der Waals surface area contributed by atoms with E-state index < -0.39 is 23.5 Å². The Bertz CT molecular complexity index is 734. The van der Waals surface area contributed by atoms with Crippen molar-refractivity contribution in [2.75, 3.05) is 5.32 Å². The minimum Gasteiger partial charge on any atom is -0.478 e. The second-order valence-electron chi connectivity index (χ2n) is 4.05. The molecule has 0 aliphatic heterocycles.